The second kappa shape index (κ2) is 6.76. The molecule has 1 aromatic rings. The highest BCUT2D eigenvalue weighted by atomic mass is 16.5. The van der Waals surface area contributed by atoms with Crippen LogP contribution in [-0.4, -0.2) is 39.7 Å². The van der Waals surface area contributed by atoms with E-state index in [1.165, 1.54) is 12.8 Å². The summed E-state index contributed by atoms with van der Waals surface area (Å²) in [5.74, 6) is 5.98. The zero-order valence-corrected chi connectivity index (χ0v) is 14.2. The van der Waals surface area contributed by atoms with Gasteiger partial charge in [0.25, 0.3) is 5.91 Å². The summed E-state index contributed by atoms with van der Waals surface area (Å²) in [4.78, 5) is 15.0. The van der Waals surface area contributed by atoms with Crippen LogP contribution in [0.1, 0.15) is 74.3 Å². The summed E-state index contributed by atoms with van der Waals surface area (Å²) in [6, 6.07) is 0.297. The van der Waals surface area contributed by atoms with Gasteiger partial charge in [-0.05, 0) is 33.6 Å². The number of carbonyl (C=O) groups is 1. The van der Waals surface area contributed by atoms with Gasteiger partial charge in [-0.3, -0.25) is 9.89 Å². The first-order valence-corrected chi connectivity index (χ1v) is 8.55. The van der Waals surface area contributed by atoms with Gasteiger partial charge in [0.05, 0.1) is 24.4 Å². The number of rotatable bonds is 3. The SMILES string of the molecule is CC#CCN(C(=O)c1n[nH]c2c1C[C@H](C)O[C@@H]2C)C1CCCC1. The average molecular weight is 315 g/mol. The lowest BCUT2D eigenvalue weighted by Gasteiger charge is -2.28. The number of amides is 1. The van der Waals surface area contributed by atoms with Crippen molar-refractivity contribution >= 4 is 5.91 Å². The van der Waals surface area contributed by atoms with Gasteiger partial charge in [0.1, 0.15) is 0 Å². The van der Waals surface area contributed by atoms with Crippen molar-refractivity contribution in [3.63, 3.8) is 0 Å². The van der Waals surface area contributed by atoms with Crippen molar-refractivity contribution in [1.82, 2.24) is 15.1 Å². The van der Waals surface area contributed by atoms with Crippen LogP contribution in [0, 0.1) is 11.8 Å². The van der Waals surface area contributed by atoms with E-state index in [0.29, 0.717) is 18.3 Å². The summed E-state index contributed by atoms with van der Waals surface area (Å²) in [5, 5.41) is 7.36. The highest BCUT2D eigenvalue weighted by Gasteiger charge is 2.34. The Hall–Kier alpha value is -1.80. The van der Waals surface area contributed by atoms with Crippen molar-refractivity contribution in [2.75, 3.05) is 6.54 Å². The predicted octanol–water partition coefficient (Wildman–Crippen LogP) is 2.84. The van der Waals surface area contributed by atoms with Crippen LogP contribution in [0.3, 0.4) is 0 Å². The van der Waals surface area contributed by atoms with Crippen LogP contribution in [0.2, 0.25) is 0 Å². The molecular formula is C18H25N3O2. The molecule has 2 atom stereocenters. The number of nitrogens with one attached hydrogen (secondary N) is 1. The smallest absolute Gasteiger partial charge is 0.275 e. The molecule has 0 aromatic carbocycles. The molecule has 0 bridgehead atoms. The zero-order chi connectivity index (χ0) is 16.4. The van der Waals surface area contributed by atoms with Gasteiger partial charge in [0.15, 0.2) is 5.69 Å². The van der Waals surface area contributed by atoms with E-state index in [9.17, 15) is 4.79 Å². The monoisotopic (exact) mass is 315 g/mol. The second-order valence-corrected chi connectivity index (χ2v) is 6.56. The second-order valence-electron chi connectivity index (χ2n) is 6.56. The number of nitrogens with zero attached hydrogens (tertiary/aromatic N) is 2. The molecule has 0 spiro atoms. The fourth-order valence-electron chi connectivity index (χ4n) is 3.73. The van der Waals surface area contributed by atoms with Crippen LogP contribution in [0.5, 0.6) is 0 Å². The summed E-state index contributed by atoms with van der Waals surface area (Å²) >= 11 is 0. The van der Waals surface area contributed by atoms with E-state index in [1.807, 2.05) is 25.7 Å². The maximum Gasteiger partial charge on any atom is 0.275 e. The molecule has 1 aliphatic carbocycles. The summed E-state index contributed by atoms with van der Waals surface area (Å²) in [6.07, 6.45) is 5.31. The first-order chi connectivity index (χ1) is 11.1. The molecule has 1 saturated carbocycles. The lowest BCUT2D eigenvalue weighted by atomic mass is 9.99. The molecule has 1 aliphatic heterocycles. The minimum absolute atomic E-state index is 0.0125. The van der Waals surface area contributed by atoms with Crippen molar-refractivity contribution < 1.29 is 9.53 Å². The molecule has 124 valence electrons. The first kappa shape index (κ1) is 16.1. The highest BCUT2D eigenvalue weighted by Crippen LogP contribution is 2.32. The Kier molecular flexibility index (Phi) is 4.72. The number of hydrogen-bond donors (Lipinski definition) is 1. The third-order valence-corrected chi connectivity index (χ3v) is 4.89. The predicted molar refractivity (Wildman–Crippen MR) is 88.0 cm³/mol. The van der Waals surface area contributed by atoms with Crippen molar-refractivity contribution in [3.8, 4) is 11.8 Å². The Morgan fingerprint density at radius 3 is 2.83 bits per heavy atom. The number of H-pyrrole nitrogens is 1. The van der Waals surface area contributed by atoms with E-state index in [0.717, 1.165) is 30.5 Å². The molecule has 2 aliphatic rings. The van der Waals surface area contributed by atoms with Gasteiger partial charge in [-0.2, -0.15) is 5.10 Å². The van der Waals surface area contributed by atoms with E-state index in [-0.39, 0.29) is 18.1 Å². The summed E-state index contributed by atoms with van der Waals surface area (Å²) in [6.45, 7) is 6.34. The Balaban J connectivity index is 1.89. The van der Waals surface area contributed by atoms with Crippen LogP contribution < -0.4 is 0 Å². The number of aromatic nitrogens is 2. The molecule has 3 rings (SSSR count). The Bertz CT molecular complexity index is 634. The molecule has 23 heavy (non-hydrogen) atoms. The van der Waals surface area contributed by atoms with Gasteiger partial charge in [-0.15, -0.1) is 5.92 Å². The highest BCUT2D eigenvalue weighted by molar-refractivity contribution is 5.94. The summed E-state index contributed by atoms with van der Waals surface area (Å²) in [7, 11) is 0. The minimum atomic E-state index is -0.0434. The van der Waals surface area contributed by atoms with E-state index >= 15 is 0 Å². The number of hydrogen-bond acceptors (Lipinski definition) is 3. The standard InChI is InChI=1S/C18H25N3O2/c1-4-5-10-21(14-8-6-7-9-14)18(22)17-15-11-12(2)23-13(3)16(15)19-20-17/h12-14H,6-11H2,1-3H3,(H,19,20)/t12-,13+/m0/s1. The van der Waals surface area contributed by atoms with Gasteiger partial charge in [0.2, 0.25) is 0 Å². The largest absolute Gasteiger partial charge is 0.369 e. The van der Waals surface area contributed by atoms with Crippen LogP contribution in [0.25, 0.3) is 0 Å². The Labute approximate surface area is 137 Å². The van der Waals surface area contributed by atoms with Crippen molar-refractivity contribution in [2.24, 2.45) is 0 Å². The van der Waals surface area contributed by atoms with Gasteiger partial charge >= 0.3 is 0 Å². The van der Waals surface area contributed by atoms with Gasteiger partial charge in [-0.25, -0.2) is 0 Å². The number of ether oxygens (including phenoxy) is 1. The molecule has 1 amide bonds. The van der Waals surface area contributed by atoms with Crippen molar-refractivity contribution in [3.05, 3.63) is 17.0 Å². The Morgan fingerprint density at radius 2 is 2.13 bits per heavy atom. The number of fused-ring (bicyclic) bond motifs is 1. The maximum absolute atomic E-state index is 13.1. The quantitative estimate of drug-likeness (QED) is 0.873. The van der Waals surface area contributed by atoms with E-state index < -0.39 is 0 Å². The molecule has 1 N–H and O–H groups in total. The Morgan fingerprint density at radius 1 is 1.39 bits per heavy atom. The molecule has 1 fully saturated rings. The van der Waals surface area contributed by atoms with Crippen LogP contribution >= 0.6 is 0 Å². The van der Waals surface area contributed by atoms with Gasteiger partial charge < -0.3 is 9.64 Å². The molecule has 1 aromatic heterocycles. The zero-order valence-electron chi connectivity index (χ0n) is 14.2. The molecule has 5 nitrogen and oxygen atoms in total. The normalized spacial score (nSPS) is 24.0. The minimum Gasteiger partial charge on any atom is -0.369 e. The van der Waals surface area contributed by atoms with Crippen LogP contribution in [-0.2, 0) is 11.2 Å². The molecule has 0 saturated heterocycles. The molecule has 5 heteroatoms. The van der Waals surface area contributed by atoms with Crippen LogP contribution in [0.4, 0.5) is 0 Å². The molecule has 0 radical (unpaired) electrons. The lowest BCUT2D eigenvalue weighted by Crippen LogP contribution is -2.40. The molecule has 0 unspecified atom stereocenters. The third kappa shape index (κ3) is 3.13. The van der Waals surface area contributed by atoms with E-state index in [1.54, 1.807) is 0 Å². The molecule has 2 heterocycles. The first-order valence-electron chi connectivity index (χ1n) is 8.55. The fourth-order valence-corrected chi connectivity index (χ4v) is 3.73. The fraction of sp³-hybridized carbons (Fsp3) is 0.667. The summed E-state index contributed by atoms with van der Waals surface area (Å²) < 4.78 is 5.81. The van der Waals surface area contributed by atoms with Crippen molar-refractivity contribution in [2.45, 2.75) is 71.1 Å². The number of carbonyl (C=O) groups excluding carboxylic acids is 1. The molecular weight excluding hydrogens is 290 g/mol. The topological polar surface area (TPSA) is 58.2 Å². The summed E-state index contributed by atoms with van der Waals surface area (Å²) in [5.41, 5.74) is 2.53. The van der Waals surface area contributed by atoms with Crippen LogP contribution in [0.15, 0.2) is 0 Å². The van der Waals surface area contributed by atoms with Crippen molar-refractivity contribution in [1.29, 1.82) is 0 Å². The third-order valence-electron chi connectivity index (χ3n) is 4.89. The van der Waals surface area contributed by atoms with E-state index in [4.69, 9.17) is 4.74 Å². The number of aromatic amines is 1. The van der Waals surface area contributed by atoms with E-state index in [2.05, 4.69) is 22.0 Å². The van der Waals surface area contributed by atoms with Gasteiger partial charge in [0, 0.05) is 18.0 Å². The van der Waals surface area contributed by atoms with Gasteiger partial charge in [-0.1, -0.05) is 18.8 Å². The average Bonchev–Trinajstić information content (AvgIpc) is 3.16. The lowest BCUT2D eigenvalue weighted by molar-refractivity contribution is -0.00703. The maximum atomic E-state index is 13.1.